The lowest BCUT2D eigenvalue weighted by atomic mass is 10.1. The van der Waals surface area contributed by atoms with Crippen LogP contribution < -0.4 is 20.1 Å². The lowest BCUT2D eigenvalue weighted by Gasteiger charge is -2.17. The summed E-state index contributed by atoms with van der Waals surface area (Å²) in [4.78, 5) is 0. The fourth-order valence-electron chi connectivity index (χ4n) is 2.69. The van der Waals surface area contributed by atoms with E-state index in [0.29, 0.717) is 30.9 Å². The van der Waals surface area contributed by atoms with E-state index in [9.17, 15) is 10.2 Å². The molecular weight excluding hydrogens is 356 g/mol. The van der Waals surface area contributed by atoms with Crippen molar-refractivity contribution >= 4 is 10.8 Å². The molecule has 28 heavy (non-hydrogen) atoms. The van der Waals surface area contributed by atoms with Crippen molar-refractivity contribution in [3.05, 3.63) is 36.4 Å². The molecule has 0 spiro atoms. The third-order valence-corrected chi connectivity index (χ3v) is 4.21. The highest BCUT2D eigenvalue weighted by atomic mass is 16.5. The SMILES string of the molecule is CC(C)NCC(O)COc1ccc2c(OCC(O)CNC(C)C)cccc2c1. The van der Waals surface area contributed by atoms with E-state index in [1.54, 1.807) is 0 Å². The fourth-order valence-corrected chi connectivity index (χ4v) is 2.69. The normalized spacial score (nSPS) is 13.9. The van der Waals surface area contributed by atoms with Crippen LogP contribution >= 0.6 is 0 Å². The zero-order chi connectivity index (χ0) is 20.5. The number of fused-ring (bicyclic) bond motifs is 1. The first kappa shape index (κ1) is 22.4. The molecular formula is C22H34N2O4. The number of benzene rings is 2. The van der Waals surface area contributed by atoms with E-state index in [1.807, 2.05) is 64.1 Å². The van der Waals surface area contributed by atoms with Crippen molar-refractivity contribution in [2.24, 2.45) is 0 Å². The first-order chi connectivity index (χ1) is 13.3. The van der Waals surface area contributed by atoms with Gasteiger partial charge in [-0.2, -0.15) is 0 Å². The van der Waals surface area contributed by atoms with E-state index in [0.717, 1.165) is 16.5 Å². The molecule has 2 aromatic rings. The maximum absolute atomic E-state index is 10.0. The largest absolute Gasteiger partial charge is 0.491 e. The Hall–Kier alpha value is -1.86. The summed E-state index contributed by atoms with van der Waals surface area (Å²) in [5.41, 5.74) is 0. The summed E-state index contributed by atoms with van der Waals surface area (Å²) >= 11 is 0. The Kier molecular flexibility index (Phi) is 8.99. The summed E-state index contributed by atoms with van der Waals surface area (Å²) in [5.74, 6) is 1.43. The van der Waals surface area contributed by atoms with E-state index in [1.165, 1.54) is 0 Å². The molecule has 0 amide bonds. The topological polar surface area (TPSA) is 83.0 Å². The van der Waals surface area contributed by atoms with Crippen LogP contribution in [0.5, 0.6) is 11.5 Å². The Balaban J connectivity index is 1.94. The predicted molar refractivity (Wildman–Crippen MR) is 113 cm³/mol. The number of hydrogen-bond acceptors (Lipinski definition) is 6. The van der Waals surface area contributed by atoms with Gasteiger partial charge in [0.1, 0.15) is 36.9 Å². The third kappa shape index (κ3) is 7.64. The molecule has 156 valence electrons. The molecule has 2 atom stereocenters. The van der Waals surface area contributed by atoms with Gasteiger partial charge in [0.25, 0.3) is 0 Å². The Morgan fingerprint density at radius 2 is 1.43 bits per heavy atom. The molecule has 0 saturated carbocycles. The minimum atomic E-state index is -0.568. The lowest BCUT2D eigenvalue weighted by molar-refractivity contribution is 0.104. The molecule has 6 heteroatoms. The number of aliphatic hydroxyl groups is 2. The first-order valence-electron chi connectivity index (χ1n) is 9.96. The summed E-state index contributed by atoms with van der Waals surface area (Å²) < 4.78 is 11.5. The molecule has 0 radical (unpaired) electrons. The van der Waals surface area contributed by atoms with E-state index in [-0.39, 0.29) is 13.2 Å². The van der Waals surface area contributed by atoms with Gasteiger partial charge in [0.15, 0.2) is 0 Å². The maximum atomic E-state index is 10.0. The Morgan fingerprint density at radius 3 is 2.04 bits per heavy atom. The number of nitrogens with one attached hydrogen (secondary N) is 2. The number of ether oxygens (including phenoxy) is 2. The standard InChI is InChI=1S/C22H34N2O4/c1-15(2)23-11-18(25)13-27-20-8-9-21-17(10-20)6-5-7-22(21)28-14-19(26)12-24-16(3)4/h5-10,15-16,18-19,23-26H,11-14H2,1-4H3. The Morgan fingerprint density at radius 1 is 0.821 bits per heavy atom. The van der Waals surface area contributed by atoms with Crippen LogP contribution in [0.1, 0.15) is 27.7 Å². The maximum Gasteiger partial charge on any atom is 0.127 e. The molecule has 0 bridgehead atoms. The van der Waals surface area contributed by atoms with Crippen LogP contribution in [0.3, 0.4) is 0 Å². The highest BCUT2D eigenvalue weighted by Crippen LogP contribution is 2.29. The average molecular weight is 391 g/mol. The van der Waals surface area contributed by atoms with Gasteiger partial charge in [-0.15, -0.1) is 0 Å². The first-order valence-corrected chi connectivity index (χ1v) is 9.96. The van der Waals surface area contributed by atoms with Crippen LogP contribution in [0, 0.1) is 0 Å². The molecule has 4 N–H and O–H groups in total. The lowest BCUT2D eigenvalue weighted by Crippen LogP contribution is -2.35. The molecule has 0 aromatic heterocycles. The highest BCUT2D eigenvalue weighted by molar-refractivity contribution is 5.89. The van der Waals surface area contributed by atoms with Gasteiger partial charge in [-0.05, 0) is 29.7 Å². The van der Waals surface area contributed by atoms with Gasteiger partial charge in [-0.25, -0.2) is 0 Å². The summed E-state index contributed by atoms with van der Waals surface area (Å²) in [6.45, 7) is 9.61. The van der Waals surface area contributed by atoms with E-state index in [4.69, 9.17) is 9.47 Å². The zero-order valence-corrected chi connectivity index (χ0v) is 17.3. The molecule has 0 aliphatic rings. The van der Waals surface area contributed by atoms with Gasteiger partial charge < -0.3 is 30.3 Å². The number of hydrogen-bond donors (Lipinski definition) is 4. The average Bonchev–Trinajstić information content (AvgIpc) is 2.67. The second-order valence-electron chi connectivity index (χ2n) is 7.69. The number of aliphatic hydroxyl groups excluding tert-OH is 2. The van der Waals surface area contributed by atoms with E-state index >= 15 is 0 Å². The van der Waals surface area contributed by atoms with Crippen molar-refractivity contribution in [3.8, 4) is 11.5 Å². The van der Waals surface area contributed by atoms with Crippen molar-refractivity contribution in [2.75, 3.05) is 26.3 Å². The zero-order valence-electron chi connectivity index (χ0n) is 17.3. The minimum absolute atomic E-state index is 0.228. The molecule has 6 nitrogen and oxygen atoms in total. The quantitative estimate of drug-likeness (QED) is 0.445. The van der Waals surface area contributed by atoms with Crippen LogP contribution in [0.2, 0.25) is 0 Å². The molecule has 0 aliphatic heterocycles. The van der Waals surface area contributed by atoms with Crippen LogP contribution in [-0.2, 0) is 0 Å². The molecule has 2 aromatic carbocycles. The van der Waals surface area contributed by atoms with Gasteiger partial charge in [-0.1, -0.05) is 39.8 Å². The van der Waals surface area contributed by atoms with E-state index < -0.39 is 12.2 Å². The molecule has 2 unspecified atom stereocenters. The molecule has 0 saturated heterocycles. The number of rotatable bonds is 12. The fraction of sp³-hybridized carbons (Fsp3) is 0.545. The van der Waals surface area contributed by atoms with Crippen LogP contribution in [-0.4, -0.2) is 60.8 Å². The van der Waals surface area contributed by atoms with Crippen molar-refractivity contribution in [1.82, 2.24) is 10.6 Å². The van der Waals surface area contributed by atoms with Gasteiger partial charge in [-0.3, -0.25) is 0 Å². The van der Waals surface area contributed by atoms with Crippen molar-refractivity contribution < 1.29 is 19.7 Å². The highest BCUT2D eigenvalue weighted by Gasteiger charge is 2.10. The molecule has 2 rings (SSSR count). The van der Waals surface area contributed by atoms with E-state index in [2.05, 4.69) is 10.6 Å². The van der Waals surface area contributed by atoms with Gasteiger partial charge in [0, 0.05) is 30.6 Å². The van der Waals surface area contributed by atoms with Crippen molar-refractivity contribution in [3.63, 3.8) is 0 Å². The van der Waals surface area contributed by atoms with Crippen LogP contribution in [0.15, 0.2) is 36.4 Å². The summed E-state index contributed by atoms with van der Waals surface area (Å²) in [7, 11) is 0. The van der Waals surface area contributed by atoms with Crippen molar-refractivity contribution in [2.45, 2.75) is 52.0 Å². The smallest absolute Gasteiger partial charge is 0.127 e. The third-order valence-electron chi connectivity index (χ3n) is 4.21. The Bertz CT molecular complexity index is 721. The van der Waals surface area contributed by atoms with Gasteiger partial charge in [0.2, 0.25) is 0 Å². The van der Waals surface area contributed by atoms with Crippen LogP contribution in [0.25, 0.3) is 10.8 Å². The predicted octanol–water partition coefficient (Wildman–Crippen LogP) is 2.32. The monoisotopic (exact) mass is 390 g/mol. The summed E-state index contributed by atoms with van der Waals surface area (Å²) in [5, 5.41) is 28.3. The van der Waals surface area contributed by atoms with Gasteiger partial charge >= 0.3 is 0 Å². The molecule has 0 fully saturated rings. The molecule has 0 aliphatic carbocycles. The summed E-state index contributed by atoms with van der Waals surface area (Å²) in [6, 6.07) is 12.2. The second-order valence-corrected chi connectivity index (χ2v) is 7.69. The second kappa shape index (κ2) is 11.2. The summed E-state index contributed by atoms with van der Waals surface area (Å²) in [6.07, 6.45) is -1.13. The Labute approximate surface area is 167 Å². The van der Waals surface area contributed by atoms with Crippen molar-refractivity contribution in [1.29, 1.82) is 0 Å². The van der Waals surface area contributed by atoms with Gasteiger partial charge in [0.05, 0.1) is 0 Å². The molecule has 0 heterocycles. The van der Waals surface area contributed by atoms with Crippen LogP contribution in [0.4, 0.5) is 0 Å². The minimum Gasteiger partial charge on any atom is -0.491 e.